The quantitative estimate of drug-likeness (QED) is 0.908. The van der Waals surface area contributed by atoms with Gasteiger partial charge >= 0.3 is 0 Å². The summed E-state index contributed by atoms with van der Waals surface area (Å²) in [5.74, 6) is 0.190. The molecule has 0 aromatic carbocycles. The van der Waals surface area contributed by atoms with Crippen molar-refractivity contribution in [1.82, 2.24) is 9.38 Å². The summed E-state index contributed by atoms with van der Waals surface area (Å²) in [5, 5.41) is 9.10. The fourth-order valence-corrected chi connectivity index (χ4v) is 3.15. The molecule has 2 aromatic heterocycles. The molecule has 0 bridgehead atoms. The molecule has 1 atom stereocenters. The summed E-state index contributed by atoms with van der Waals surface area (Å²) >= 11 is 0. The topological polar surface area (TPSA) is 80.9 Å². The second kappa shape index (κ2) is 5.89. The summed E-state index contributed by atoms with van der Waals surface area (Å²) in [6.45, 7) is 7.00. The lowest BCUT2D eigenvalue weighted by Gasteiger charge is -2.22. The van der Waals surface area contributed by atoms with Gasteiger partial charge in [-0.25, -0.2) is 13.4 Å². The Morgan fingerprint density at radius 3 is 2.68 bits per heavy atom. The molecule has 0 aliphatic heterocycles. The average Bonchev–Trinajstić information content (AvgIpc) is 2.89. The second-order valence-corrected chi connectivity index (χ2v) is 9.08. The number of nitrogens with zero attached hydrogens (tertiary/aromatic N) is 2. The second-order valence-electron chi connectivity index (χ2n) is 6.41. The van der Waals surface area contributed by atoms with Crippen molar-refractivity contribution in [2.75, 3.05) is 13.2 Å². The number of sulfone groups is 1. The van der Waals surface area contributed by atoms with E-state index in [9.17, 15) is 8.42 Å². The van der Waals surface area contributed by atoms with E-state index >= 15 is 0 Å². The zero-order valence-electron chi connectivity index (χ0n) is 13.3. The Morgan fingerprint density at radius 1 is 1.41 bits per heavy atom. The lowest BCUT2D eigenvalue weighted by atomic mass is 10.2. The van der Waals surface area contributed by atoms with E-state index in [4.69, 9.17) is 9.84 Å². The third-order valence-corrected chi connectivity index (χ3v) is 5.89. The van der Waals surface area contributed by atoms with Crippen LogP contribution in [0.2, 0.25) is 0 Å². The molecule has 1 unspecified atom stereocenters. The minimum absolute atomic E-state index is 0.0209. The molecular formula is C15H22N2O4S. The zero-order chi connectivity index (χ0) is 16.5. The average molecular weight is 326 g/mol. The van der Waals surface area contributed by atoms with Gasteiger partial charge < -0.3 is 14.2 Å². The molecule has 0 aliphatic rings. The molecule has 122 valence electrons. The normalized spacial score (nSPS) is 14.2. The lowest BCUT2D eigenvalue weighted by Crippen LogP contribution is -2.29. The Balaban J connectivity index is 2.55. The first-order valence-electron chi connectivity index (χ1n) is 7.12. The van der Waals surface area contributed by atoms with Crippen LogP contribution in [0.1, 0.15) is 27.7 Å². The molecule has 0 aliphatic carbocycles. The summed E-state index contributed by atoms with van der Waals surface area (Å²) < 4.78 is 31.9. The molecule has 2 rings (SSSR count). The Kier molecular flexibility index (Phi) is 4.49. The maximum Gasteiger partial charge on any atom is 0.188 e. The summed E-state index contributed by atoms with van der Waals surface area (Å²) in [4.78, 5) is 4.29. The standard InChI is InChI=1S/C15H22N2O4S/c1-11(9-18)10-21-12-7-14-16-5-6-17(14)8-13(12)22(19,20)15(2,3)4/h5-8,11,18H,9-10H2,1-4H3. The van der Waals surface area contributed by atoms with Crippen LogP contribution in [0, 0.1) is 5.92 Å². The summed E-state index contributed by atoms with van der Waals surface area (Å²) in [6.07, 6.45) is 4.82. The third-order valence-electron chi connectivity index (χ3n) is 3.39. The first-order chi connectivity index (χ1) is 10.2. The van der Waals surface area contributed by atoms with E-state index in [-0.39, 0.29) is 29.8 Å². The van der Waals surface area contributed by atoms with Crippen LogP contribution >= 0.6 is 0 Å². The molecule has 2 aromatic rings. The smallest absolute Gasteiger partial charge is 0.188 e. The van der Waals surface area contributed by atoms with Crippen molar-refractivity contribution in [2.24, 2.45) is 5.92 Å². The molecular weight excluding hydrogens is 304 g/mol. The van der Waals surface area contributed by atoms with Gasteiger partial charge in [0.25, 0.3) is 0 Å². The fraction of sp³-hybridized carbons (Fsp3) is 0.533. The van der Waals surface area contributed by atoms with Crippen molar-refractivity contribution in [3.8, 4) is 5.75 Å². The van der Waals surface area contributed by atoms with Gasteiger partial charge in [-0.3, -0.25) is 0 Å². The molecule has 7 heteroatoms. The highest BCUT2D eigenvalue weighted by Gasteiger charge is 2.34. The van der Waals surface area contributed by atoms with Crippen LogP contribution in [0.5, 0.6) is 5.75 Å². The van der Waals surface area contributed by atoms with Gasteiger partial charge in [0, 0.05) is 37.2 Å². The van der Waals surface area contributed by atoms with E-state index in [0.29, 0.717) is 5.65 Å². The van der Waals surface area contributed by atoms with E-state index < -0.39 is 14.6 Å². The maximum absolute atomic E-state index is 12.8. The lowest BCUT2D eigenvalue weighted by molar-refractivity contribution is 0.172. The van der Waals surface area contributed by atoms with Gasteiger partial charge in [-0.15, -0.1) is 0 Å². The van der Waals surface area contributed by atoms with Gasteiger partial charge in [0.15, 0.2) is 9.84 Å². The van der Waals surface area contributed by atoms with Crippen molar-refractivity contribution < 1.29 is 18.3 Å². The predicted octanol–water partition coefficient (Wildman–Crippen LogP) is 1.91. The van der Waals surface area contributed by atoms with Gasteiger partial charge in [-0.05, 0) is 20.8 Å². The van der Waals surface area contributed by atoms with E-state index in [1.165, 1.54) is 6.20 Å². The van der Waals surface area contributed by atoms with Gasteiger partial charge in [0.1, 0.15) is 16.3 Å². The SMILES string of the molecule is CC(CO)COc1cc2nccn2cc1S(=O)(=O)C(C)(C)C. The van der Waals surface area contributed by atoms with Gasteiger partial charge in [-0.2, -0.15) is 0 Å². The number of aromatic nitrogens is 2. The number of hydrogen-bond acceptors (Lipinski definition) is 5. The number of ether oxygens (including phenoxy) is 1. The number of rotatable bonds is 5. The molecule has 0 spiro atoms. The van der Waals surface area contributed by atoms with E-state index in [0.717, 1.165) is 0 Å². The highest BCUT2D eigenvalue weighted by Crippen LogP contribution is 2.33. The molecule has 0 amide bonds. The monoisotopic (exact) mass is 326 g/mol. The Morgan fingerprint density at radius 2 is 2.09 bits per heavy atom. The molecule has 0 radical (unpaired) electrons. The minimum Gasteiger partial charge on any atom is -0.492 e. The Hall–Kier alpha value is -1.60. The van der Waals surface area contributed by atoms with Crippen LogP contribution in [-0.2, 0) is 9.84 Å². The van der Waals surface area contributed by atoms with Crippen LogP contribution in [-0.4, -0.2) is 40.9 Å². The number of fused-ring (bicyclic) bond motifs is 1. The van der Waals surface area contributed by atoms with E-state index in [1.54, 1.807) is 43.6 Å². The summed E-state index contributed by atoms with van der Waals surface area (Å²) in [6, 6.07) is 1.61. The largest absolute Gasteiger partial charge is 0.492 e. The first-order valence-corrected chi connectivity index (χ1v) is 8.60. The van der Waals surface area contributed by atoms with Crippen LogP contribution in [0.15, 0.2) is 29.6 Å². The minimum atomic E-state index is -3.57. The number of imidazole rings is 1. The van der Waals surface area contributed by atoms with Crippen LogP contribution in [0.3, 0.4) is 0 Å². The molecule has 0 saturated heterocycles. The number of aliphatic hydroxyl groups is 1. The summed E-state index contributed by atoms with van der Waals surface area (Å²) in [5.41, 5.74) is 0.611. The number of hydrogen-bond donors (Lipinski definition) is 1. The molecule has 6 nitrogen and oxygen atoms in total. The Bertz CT molecular complexity index is 759. The van der Waals surface area contributed by atoms with Crippen molar-refractivity contribution >= 4 is 15.5 Å². The van der Waals surface area contributed by atoms with Crippen molar-refractivity contribution in [3.63, 3.8) is 0 Å². The van der Waals surface area contributed by atoms with Crippen molar-refractivity contribution in [3.05, 3.63) is 24.7 Å². The van der Waals surface area contributed by atoms with Crippen LogP contribution in [0.4, 0.5) is 0 Å². The first kappa shape index (κ1) is 16.8. The fourth-order valence-electron chi connectivity index (χ4n) is 1.85. The molecule has 1 N–H and O–H groups in total. The third kappa shape index (κ3) is 3.10. The number of pyridine rings is 1. The number of aliphatic hydroxyl groups excluding tert-OH is 1. The van der Waals surface area contributed by atoms with Gasteiger partial charge in [-0.1, -0.05) is 6.92 Å². The van der Waals surface area contributed by atoms with Gasteiger partial charge in [0.2, 0.25) is 0 Å². The maximum atomic E-state index is 12.8. The van der Waals surface area contributed by atoms with Crippen molar-refractivity contribution in [1.29, 1.82) is 0 Å². The van der Waals surface area contributed by atoms with Gasteiger partial charge in [0.05, 0.1) is 11.4 Å². The molecule has 0 fully saturated rings. The van der Waals surface area contributed by atoms with E-state index in [1.807, 2.05) is 6.92 Å². The van der Waals surface area contributed by atoms with Crippen LogP contribution in [0.25, 0.3) is 5.65 Å². The molecule has 2 heterocycles. The molecule has 0 saturated carbocycles. The zero-order valence-corrected chi connectivity index (χ0v) is 14.1. The van der Waals surface area contributed by atoms with E-state index in [2.05, 4.69) is 4.98 Å². The highest BCUT2D eigenvalue weighted by atomic mass is 32.2. The van der Waals surface area contributed by atoms with Crippen molar-refractivity contribution in [2.45, 2.75) is 37.3 Å². The molecule has 22 heavy (non-hydrogen) atoms. The summed E-state index contributed by atoms with van der Waals surface area (Å²) in [7, 11) is -3.57. The Labute approximate surface area is 130 Å². The van der Waals surface area contributed by atoms with Crippen LogP contribution < -0.4 is 4.74 Å². The highest BCUT2D eigenvalue weighted by molar-refractivity contribution is 7.92. The predicted molar refractivity (Wildman–Crippen MR) is 83.9 cm³/mol.